The van der Waals surface area contributed by atoms with Crippen LogP contribution in [0.1, 0.15) is 35.2 Å². The van der Waals surface area contributed by atoms with Gasteiger partial charge in [0.1, 0.15) is 23.9 Å². The number of sulfonamides is 1. The summed E-state index contributed by atoms with van der Waals surface area (Å²) in [7, 11) is -3.32. The highest BCUT2D eigenvalue weighted by Gasteiger charge is 2.45. The lowest BCUT2D eigenvalue weighted by Gasteiger charge is -2.54. The Morgan fingerprint density at radius 2 is 1.83 bits per heavy atom. The maximum Gasteiger partial charge on any atom is 0.393 e. The lowest BCUT2D eigenvalue weighted by Crippen LogP contribution is -2.60. The van der Waals surface area contributed by atoms with Gasteiger partial charge in [-0.2, -0.15) is 22.7 Å². The second-order valence-electron chi connectivity index (χ2n) is 13.6. The van der Waals surface area contributed by atoms with Gasteiger partial charge in [0, 0.05) is 54.4 Å². The molecule has 0 bridgehead atoms. The van der Waals surface area contributed by atoms with E-state index in [0.29, 0.717) is 42.1 Å². The van der Waals surface area contributed by atoms with Gasteiger partial charge in [0.05, 0.1) is 37.4 Å². The van der Waals surface area contributed by atoms with Crippen LogP contribution in [0, 0.1) is 23.7 Å². The van der Waals surface area contributed by atoms with Crippen LogP contribution in [0.4, 0.5) is 19.0 Å². The Kier molecular flexibility index (Phi) is 8.38. The Balaban J connectivity index is 1.00. The maximum absolute atomic E-state index is 13.0. The molecule has 2 aromatic heterocycles. The third-order valence-electron chi connectivity index (χ3n) is 10.3. The monoisotopic (exact) mass is 681 g/mol. The SMILES string of the molecule is Cc1c(CN2CCC3(CC2)CN(c2ncnc4ccc(CC(F)(F)F)cc24)C3)ccc2c1cc(C#N)n2CC1CN(S(C)(=O)=O)CCO1. The molecule has 5 heterocycles. The molecule has 0 N–H and O–H groups in total. The quantitative estimate of drug-likeness (QED) is 0.278. The molecule has 1 spiro atoms. The molecule has 254 valence electrons. The molecule has 3 fully saturated rings. The van der Waals surface area contributed by atoms with Crippen molar-refractivity contribution in [1.29, 1.82) is 5.26 Å². The number of morpholine rings is 1. The minimum Gasteiger partial charge on any atom is -0.374 e. The number of piperidine rings is 1. The highest BCUT2D eigenvalue weighted by molar-refractivity contribution is 7.88. The van der Waals surface area contributed by atoms with E-state index >= 15 is 0 Å². The molecule has 10 nitrogen and oxygen atoms in total. The predicted octanol–water partition coefficient (Wildman–Crippen LogP) is 4.63. The van der Waals surface area contributed by atoms with Crippen LogP contribution in [-0.2, 0) is 34.3 Å². The van der Waals surface area contributed by atoms with E-state index in [1.54, 1.807) is 12.1 Å². The molecule has 48 heavy (non-hydrogen) atoms. The first-order valence-electron chi connectivity index (χ1n) is 16.2. The van der Waals surface area contributed by atoms with Crippen LogP contribution < -0.4 is 4.90 Å². The van der Waals surface area contributed by atoms with E-state index in [4.69, 9.17) is 4.74 Å². The second-order valence-corrected chi connectivity index (χ2v) is 15.6. The van der Waals surface area contributed by atoms with E-state index in [9.17, 15) is 26.9 Å². The maximum atomic E-state index is 13.0. The van der Waals surface area contributed by atoms with Crippen molar-refractivity contribution in [2.45, 2.75) is 51.6 Å². The largest absolute Gasteiger partial charge is 0.393 e. The van der Waals surface area contributed by atoms with Gasteiger partial charge >= 0.3 is 6.18 Å². The predicted molar refractivity (Wildman–Crippen MR) is 176 cm³/mol. The van der Waals surface area contributed by atoms with Crippen LogP contribution in [0.15, 0.2) is 42.7 Å². The molecule has 4 aromatic rings. The minimum absolute atomic E-state index is 0.156. The third kappa shape index (κ3) is 6.48. The van der Waals surface area contributed by atoms with Crippen molar-refractivity contribution in [3.05, 3.63) is 65.1 Å². The summed E-state index contributed by atoms with van der Waals surface area (Å²) in [5.74, 6) is 0.701. The number of fused-ring (bicyclic) bond motifs is 2. The number of likely N-dealkylation sites (tertiary alicyclic amines) is 1. The highest BCUT2D eigenvalue weighted by Crippen LogP contribution is 2.44. The van der Waals surface area contributed by atoms with Crippen LogP contribution in [-0.4, -0.2) is 96.6 Å². The van der Waals surface area contributed by atoms with Crippen LogP contribution in [0.3, 0.4) is 0 Å². The number of ether oxygens (including phenoxy) is 1. The molecule has 0 saturated carbocycles. The first-order chi connectivity index (χ1) is 22.8. The summed E-state index contributed by atoms with van der Waals surface area (Å²) in [5.41, 5.74) is 4.80. The Bertz CT molecular complexity index is 2010. The van der Waals surface area contributed by atoms with E-state index in [2.05, 4.69) is 44.9 Å². The average molecular weight is 682 g/mol. The van der Waals surface area contributed by atoms with Crippen LogP contribution in [0.2, 0.25) is 0 Å². The van der Waals surface area contributed by atoms with E-state index in [1.807, 2.05) is 10.6 Å². The smallest absolute Gasteiger partial charge is 0.374 e. The Labute approximate surface area is 277 Å². The molecule has 7 rings (SSSR count). The van der Waals surface area contributed by atoms with Gasteiger partial charge in [-0.15, -0.1) is 0 Å². The molecule has 0 aliphatic carbocycles. The molecule has 3 saturated heterocycles. The van der Waals surface area contributed by atoms with Gasteiger partial charge in [-0.3, -0.25) is 4.90 Å². The minimum atomic E-state index is -4.27. The van der Waals surface area contributed by atoms with Crippen LogP contribution >= 0.6 is 0 Å². The fourth-order valence-electron chi connectivity index (χ4n) is 7.63. The number of benzene rings is 2. The van der Waals surface area contributed by atoms with Crippen molar-refractivity contribution < 1.29 is 26.3 Å². The number of halogens is 3. The lowest BCUT2D eigenvalue weighted by molar-refractivity contribution is -0.127. The summed E-state index contributed by atoms with van der Waals surface area (Å²) in [4.78, 5) is 13.4. The van der Waals surface area contributed by atoms with Crippen molar-refractivity contribution in [2.75, 3.05) is 57.0 Å². The van der Waals surface area contributed by atoms with Gasteiger partial charge in [0.15, 0.2) is 0 Å². The molecule has 1 atom stereocenters. The van der Waals surface area contributed by atoms with Gasteiger partial charge in [-0.05, 0) is 73.8 Å². The number of aryl methyl sites for hydroxylation is 1. The summed E-state index contributed by atoms with van der Waals surface area (Å²) in [6.45, 7) is 7.69. The molecule has 0 radical (unpaired) electrons. The van der Waals surface area contributed by atoms with E-state index in [1.165, 1.54) is 28.5 Å². The third-order valence-corrected chi connectivity index (χ3v) is 11.6. The van der Waals surface area contributed by atoms with Crippen molar-refractivity contribution in [1.82, 2.24) is 23.7 Å². The van der Waals surface area contributed by atoms with E-state index < -0.39 is 22.6 Å². The molecular formula is C34H38F3N7O3S. The highest BCUT2D eigenvalue weighted by atomic mass is 32.2. The number of hydrogen-bond donors (Lipinski definition) is 0. The van der Waals surface area contributed by atoms with Gasteiger partial charge in [-0.25, -0.2) is 18.4 Å². The van der Waals surface area contributed by atoms with Crippen LogP contribution in [0.25, 0.3) is 21.8 Å². The standard InChI is InChI=1S/C34H38F3N7O3S/c1-23-25(4-6-31-28(23)14-26(16-38)44(31)19-27-18-43(11-12-47-27)48(2,45)46)17-41-9-7-33(8-10-41)20-42(21-33)32-29-13-24(15-34(35,36)37)3-5-30(29)39-22-40-32/h3-6,13-14,22,27H,7-12,15,17-21H2,1-2H3. The van der Waals surface area contributed by atoms with Gasteiger partial charge in [-0.1, -0.05) is 12.1 Å². The number of aromatic nitrogens is 3. The Morgan fingerprint density at radius 1 is 1.06 bits per heavy atom. The number of hydrogen-bond acceptors (Lipinski definition) is 8. The van der Waals surface area contributed by atoms with Gasteiger partial charge < -0.3 is 14.2 Å². The summed E-state index contributed by atoms with van der Waals surface area (Å²) in [6, 6.07) is 13.1. The van der Waals surface area contributed by atoms with Crippen LogP contribution in [0.5, 0.6) is 0 Å². The van der Waals surface area contributed by atoms with E-state index in [-0.39, 0.29) is 23.6 Å². The van der Waals surface area contributed by atoms with Crippen molar-refractivity contribution in [3.8, 4) is 6.07 Å². The Morgan fingerprint density at radius 3 is 2.54 bits per heavy atom. The second kappa shape index (κ2) is 12.3. The van der Waals surface area contributed by atoms with Crippen molar-refractivity contribution >= 4 is 37.6 Å². The normalized spacial score (nSPS) is 20.8. The first-order valence-corrected chi connectivity index (χ1v) is 18.0. The molecule has 3 aliphatic heterocycles. The molecule has 2 aromatic carbocycles. The van der Waals surface area contributed by atoms with Gasteiger partial charge in [0.25, 0.3) is 0 Å². The molecule has 0 amide bonds. The summed E-state index contributed by atoms with van der Waals surface area (Å²) >= 11 is 0. The zero-order valence-corrected chi connectivity index (χ0v) is 27.8. The average Bonchev–Trinajstić information content (AvgIpc) is 3.38. The van der Waals surface area contributed by atoms with Crippen molar-refractivity contribution in [3.63, 3.8) is 0 Å². The summed E-state index contributed by atoms with van der Waals surface area (Å²) in [5, 5.41) is 11.6. The van der Waals surface area contributed by atoms with Crippen molar-refractivity contribution in [2.24, 2.45) is 5.41 Å². The van der Waals surface area contributed by atoms with Gasteiger partial charge in [0.2, 0.25) is 10.0 Å². The Hall–Kier alpha value is -3.77. The molecule has 1 unspecified atom stereocenters. The number of anilines is 1. The molecule has 3 aliphatic rings. The topological polar surface area (TPSA) is 108 Å². The number of nitrogens with zero attached hydrogens (tertiary/aromatic N) is 7. The fraction of sp³-hybridized carbons (Fsp3) is 0.500. The van der Waals surface area contributed by atoms with E-state index in [0.717, 1.165) is 62.0 Å². The number of nitriles is 1. The lowest BCUT2D eigenvalue weighted by atomic mass is 9.72. The number of rotatable bonds is 7. The summed E-state index contributed by atoms with van der Waals surface area (Å²) < 4.78 is 72.6. The summed E-state index contributed by atoms with van der Waals surface area (Å²) in [6.07, 6.45) is -0.864. The molecule has 14 heteroatoms. The fourth-order valence-corrected chi connectivity index (χ4v) is 8.47. The first kappa shape index (κ1) is 32.8. The number of alkyl halides is 3. The zero-order valence-electron chi connectivity index (χ0n) is 27.0. The zero-order chi connectivity index (χ0) is 33.8. The molecular weight excluding hydrogens is 643 g/mol.